The van der Waals surface area contributed by atoms with Crippen molar-refractivity contribution in [3.05, 3.63) is 53.7 Å². The Bertz CT molecular complexity index is 1130. The summed E-state index contributed by atoms with van der Waals surface area (Å²) in [6.45, 7) is 6.83. The molecule has 0 aliphatic carbocycles. The largest absolute Gasteiger partial charge is 0.573 e. The van der Waals surface area contributed by atoms with E-state index in [0.717, 1.165) is 60.5 Å². The van der Waals surface area contributed by atoms with Gasteiger partial charge in [0.05, 0.1) is 0 Å². The van der Waals surface area contributed by atoms with E-state index in [1.165, 1.54) is 37.0 Å². The lowest BCUT2D eigenvalue weighted by Gasteiger charge is -2.31. The topological polar surface area (TPSA) is 69.4 Å². The molecule has 1 aliphatic rings. The van der Waals surface area contributed by atoms with Gasteiger partial charge in [-0.3, -0.25) is 4.90 Å². The van der Waals surface area contributed by atoms with Gasteiger partial charge in [0.25, 0.3) is 0 Å². The summed E-state index contributed by atoms with van der Waals surface area (Å²) in [4.78, 5) is 2.51. The molecule has 2 heterocycles. The van der Waals surface area contributed by atoms with E-state index in [4.69, 9.17) is 11.5 Å². The van der Waals surface area contributed by atoms with Crippen molar-refractivity contribution < 1.29 is 17.9 Å². The molecule has 3 aromatic rings. The molecule has 35 heavy (non-hydrogen) atoms. The van der Waals surface area contributed by atoms with Gasteiger partial charge in [-0.1, -0.05) is 25.5 Å². The molecule has 0 spiro atoms. The van der Waals surface area contributed by atoms with Crippen LogP contribution in [0.25, 0.3) is 22.0 Å². The Hall–Kier alpha value is -2.55. The Labute approximate surface area is 204 Å². The van der Waals surface area contributed by atoms with Crippen molar-refractivity contribution >= 4 is 10.9 Å². The maximum atomic E-state index is 12.7. The highest BCUT2D eigenvalue weighted by Gasteiger charge is 2.31. The summed E-state index contributed by atoms with van der Waals surface area (Å²) in [5.41, 5.74) is 16.4. The molecule has 8 heteroatoms. The Morgan fingerprint density at radius 3 is 2.46 bits per heavy atom. The van der Waals surface area contributed by atoms with Crippen LogP contribution in [-0.2, 0) is 19.6 Å². The fraction of sp³-hybridized carbons (Fsp3) is 0.481. The molecule has 0 unspecified atom stereocenters. The molecule has 5 nitrogen and oxygen atoms in total. The van der Waals surface area contributed by atoms with Crippen LogP contribution in [0, 0.1) is 5.92 Å². The van der Waals surface area contributed by atoms with Crippen LogP contribution in [0.4, 0.5) is 13.2 Å². The normalized spacial score (nSPS) is 15.7. The number of alkyl halides is 3. The number of aryl methyl sites for hydroxylation is 1. The second-order valence-corrected chi connectivity index (χ2v) is 9.43. The average molecular weight is 489 g/mol. The lowest BCUT2D eigenvalue weighted by Crippen LogP contribution is -2.32. The summed E-state index contributed by atoms with van der Waals surface area (Å²) in [5.74, 6) is 0.570. The van der Waals surface area contributed by atoms with Crippen LogP contribution in [0.2, 0.25) is 0 Å². The Balaban J connectivity index is 1.70. The van der Waals surface area contributed by atoms with Crippen molar-refractivity contribution in [2.45, 2.75) is 58.6 Å². The maximum Gasteiger partial charge on any atom is 0.573 e. The highest BCUT2D eigenvalue weighted by molar-refractivity contribution is 5.97. The third-order valence-electron chi connectivity index (χ3n) is 7.06. The monoisotopic (exact) mass is 488 g/mol. The Kier molecular flexibility index (Phi) is 8.04. The number of halogens is 3. The smallest absolute Gasteiger partial charge is 0.406 e. The van der Waals surface area contributed by atoms with E-state index in [1.807, 2.05) is 0 Å². The predicted molar refractivity (Wildman–Crippen MR) is 134 cm³/mol. The summed E-state index contributed by atoms with van der Waals surface area (Å²) >= 11 is 0. The van der Waals surface area contributed by atoms with Gasteiger partial charge in [-0.2, -0.15) is 0 Å². The van der Waals surface area contributed by atoms with E-state index >= 15 is 0 Å². The first-order chi connectivity index (χ1) is 16.8. The lowest BCUT2D eigenvalue weighted by molar-refractivity contribution is -0.274. The van der Waals surface area contributed by atoms with Crippen LogP contribution < -0.4 is 16.2 Å². The summed E-state index contributed by atoms with van der Waals surface area (Å²) < 4.78 is 44.5. The number of fused-ring (bicyclic) bond motifs is 1. The van der Waals surface area contributed by atoms with Gasteiger partial charge in [-0.05, 0) is 85.8 Å². The van der Waals surface area contributed by atoms with Crippen molar-refractivity contribution in [2.75, 3.05) is 19.6 Å². The van der Waals surface area contributed by atoms with Gasteiger partial charge < -0.3 is 20.8 Å². The van der Waals surface area contributed by atoms with Gasteiger partial charge in [0.1, 0.15) is 5.75 Å². The summed E-state index contributed by atoms with van der Waals surface area (Å²) in [5, 5.41) is 1.07. The Morgan fingerprint density at radius 1 is 1.03 bits per heavy atom. The van der Waals surface area contributed by atoms with Crippen LogP contribution >= 0.6 is 0 Å². The molecule has 4 rings (SSSR count). The molecule has 1 aliphatic heterocycles. The first-order valence-electron chi connectivity index (χ1n) is 12.4. The van der Waals surface area contributed by atoms with Gasteiger partial charge in [-0.25, -0.2) is 0 Å². The number of nitrogens with zero attached hydrogens (tertiary/aromatic N) is 2. The molecule has 1 fully saturated rings. The van der Waals surface area contributed by atoms with Crippen LogP contribution in [0.15, 0.2) is 42.6 Å². The van der Waals surface area contributed by atoms with E-state index in [2.05, 4.69) is 45.5 Å². The van der Waals surface area contributed by atoms with Crippen LogP contribution in [0.1, 0.15) is 43.7 Å². The highest BCUT2D eigenvalue weighted by atomic mass is 19.4. The van der Waals surface area contributed by atoms with E-state index in [9.17, 15) is 13.2 Å². The molecule has 1 aromatic heterocycles. The second kappa shape index (κ2) is 11.0. The van der Waals surface area contributed by atoms with E-state index < -0.39 is 6.36 Å². The van der Waals surface area contributed by atoms with Crippen molar-refractivity contribution in [1.82, 2.24) is 9.47 Å². The number of likely N-dealkylation sites (tertiary alicyclic amines) is 1. The lowest BCUT2D eigenvalue weighted by atomic mass is 9.94. The number of aromatic nitrogens is 1. The minimum absolute atomic E-state index is 0.103. The van der Waals surface area contributed by atoms with Gasteiger partial charge in [0.15, 0.2) is 0 Å². The summed E-state index contributed by atoms with van der Waals surface area (Å²) in [7, 11) is 0. The number of benzene rings is 2. The molecule has 0 radical (unpaired) electrons. The molecule has 4 N–H and O–H groups in total. The summed E-state index contributed by atoms with van der Waals surface area (Å²) in [6.07, 6.45) is 1.88. The number of rotatable bonds is 9. The highest BCUT2D eigenvalue weighted by Crippen LogP contribution is 2.36. The third kappa shape index (κ3) is 6.18. The first-order valence-corrected chi connectivity index (χ1v) is 12.4. The van der Waals surface area contributed by atoms with Crippen molar-refractivity contribution in [3.63, 3.8) is 0 Å². The van der Waals surface area contributed by atoms with Crippen LogP contribution in [-0.4, -0.2) is 35.5 Å². The fourth-order valence-electron chi connectivity index (χ4n) is 5.11. The Morgan fingerprint density at radius 2 is 1.80 bits per heavy atom. The molecule has 1 saturated heterocycles. The second-order valence-electron chi connectivity index (χ2n) is 9.43. The zero-order valence-corrected chi connectivity index (χ0v) is 20.3. The number of hydrogen-bond acceptors (Lipinski definition) is 4. The minimum atomic E-state index is -4.74. The van der Waals surface area contributed by atoms with Crippen molar-refractivity contribution in [2.24, 2.45) is 17.4 Å². The zero-order valence-electron chi connectivity index (χ0n) is 20.3. The quantitative estimate of drug-likeness (QED) is 0.409. The van der Waals surface area contributed by atoms with Gasteiger partial charge in [0.2, 0.25) is 0 Å². The molecule has 0 amide bonds. The summed E-state index contributed by atoms with van der Waals surface area (Å²) in [6, 6.07) is 11.0. The zero-order chi connectivity index (χ0) is 25.0. The van der Waals surface area contributed by atoms with E-state index in [1.54, 1.807) is 6.07 Å². The maximum absolute atomic E-state index is 12.7. The van der Waals surface area contributed by atoms with Crippen molar-refractivity contribution in [1.29, 1.82) is 0 Å². The van der Waals surface area contributed by atoms with Crippen LogP contribution in [0.3, 0.4) is 0 Å². The number of nitrogens with two attached hydrogens (primary N) is 2. The average Bonchev–Trinajstić information content (AvgIpc) is 3.19. The first kappa shape index (κ1) is 25.5. The molecule has 0 saturated carbocycles. The van der Waals surface area contributed by atoms with Crippen molar-refractivity contribution in [3.8, 4) is 16.9 Å². The minimum Gasteiger partial charge on any atom is -0.406 e. The van der Waals surface area contributed by atoms with E-state index in [-0.39, 0.29) is 12.3 Å². The molecule has 2 aromatic carbocycles. The molecule has 190 valence electrons. The van der Waals surface area contributed by atoms with E-state index in [0.29, 0.717) is 12.1 Å². The van der Waals surface area contributed by atoms with Crippen LogP contribution in [0.5, 0.6) is 5.75 Å². The molecular formula is C27H35F3N4O. The fourth-order valence-corrected chi connectivity index (χ4v) is 5.11. The molecule has 0 atom stereocenters. The molecular weight excluding hydrogens is 453 g/mol. The van der Waals surface area contributed by atoms with Gasteiger partial charge in [-0.15, -0.1) is 13.2 Å². The predicted octanol–water partition coefficient (Wildman–Crippen LogP) is 5.64. The molecule has 0 bridgehead atoms. The standard InChI is InChI=1S/C27H35F3N4O/c1-2-19-8-12-33(13-9-19)17-20-4-7-26-24(14-20)25(18-34(26)11-3-10-31)23-6-5-22(15-21(23)16-32)35-27(28,29)30/h4-7,14-15,18-19H,2-3,8-13,16-17,31-32H2,1H3. The third-order valence-corrected chi connectivity index (χ3v) is 7.06. The SMILES string of the molecule is CCC1CCN(Cc2ccc3c(c2)c(-c2ccc(OC(F)(F)F)cc2CN)cn3CCCN)CC1. The van der Waals surface area contributed by atoms with Gasteiger partial charge >= 0.3 is 6.36 Å². The van der Waals surface area contributed by atoms with Gasteiger partial charge in [0, 0.05) is 42.3 Å². The number of hydrogen-bond donors (Lipinski definition) is 2. The number of piperidine rings is 1. The number of ether oxygens (including phenoxy) is 1.